The fourth-order valence-electron chi connectivity index (χ4n) is 4.32. The van der Waals surface area contributed by atoms with E-state index >= 15 is 0 Å². The summed E-state index contributed by atoms with van der Waals surface area (Å²) < 4.78 is 0. The third-order valence-electron chi connectivity index (χ3n) is 6.82. The van der Waals surface area contributed by atoms with E-state index in [1.165, 1.54) is 0 Å². The summed E-state index contributed by atoms with van der Waals surface area (Å²) in [6.45, 7) is 8.49. The highest BCUT2D eigenvalue weighted by atomic mass is 16.4. The van der Waals surface area contributed by atoms with E-state index in [9.17, 15) is 28.8 Å². The first-order valence-corrected chi connectivity index (χ1v) is 15.4. The second kappa shape index (κ2) is 23.4. The van der Waals surface area contributed by atoms with Crippen LogP contribution in [0, 0.1) is 11.8 Å². The maximum absolute atomic E-state index is 12.5. The molecular weight excluding hydrogens is 544 g/mol. The molecule has 0 saturated carbocycles. The molecule has 2 atom stereocenters. The van der Waals surface area contributed by atoms with Gasteiger partial charge < -0.3 is 31.5 Å². The topological polar surface area (TPSA) is 191 Å². The number of carboxylic acids is 2. The van der Waals surface area contributed by atoms with Crippen molar-refractivity contribution >= 4 is 35.6 Å². The van der Waals surface area contributed by atoms with Crippen molar-refractivity contribution in [2.75, 3.05) is 13.1 Å². The fraction of sp³-hybridized carbons (Fsp3) is 0.800. The van der Waals surface area contributed by atoms with Crippen molar-refractivity contribution < 1.29 is 39.0 Å². The molecule has 242 valence electrons. The van der Waals surface area contributed by atoms with Gasteiger partial charge in [0.25, 0.3) is 0 Å². The van der Waals surface area contributed by atoms with Crippen LogP contribution in [0.1, 0.15) is 118 Å². The van der Waals surface area contributed by atoms with E-state index in [0.717, 1.165) is 51.4 Å². The lowest BCUT2D eigenvalue weighted by Crippen LogP contribution is -2.49. The summed E-state index contributed by atoms with van der Waals surface area (Å²) >= 11 is 0. The Bertz CT molecular complexity index is 779. The van der Waals surface area contributed by atoms with Gasteiger partial charge >= 0.3 is 11.9 Å². The minimum atomic E-state index is -0.948. The molecule has 0 aromatic heterocycles. The van der Waals surface area contributed by atoms with Gasteiger partial charge in [-0.05, 0) is 37.5 Å². The van der Waals surface area contributed by atoms with Gasteiger partial charge in [-0.25, -0.2) is 0 Å². The first-order valence-electron chi connectivity index (χ1n) is 15.4. The Labute approximate surface area is 250 Å². The molecule has 0 aromatic carbocycles. The van der Waals surface area contributed by atoms with Gasteiger partial charge in [0.15, 0.2) is 0 Å². The molecule has 0 rings (SSSR count). The Morgan fingerprint density at radius 1 is 0.476 bits per heavy atom. The van der Waals surface area contributed by atoms with Crippen LogP contribution in [0.2, 0.25) is 0 Å². The van der Waals surface area contributed by atoms with E-state index < -0.39 is 24.0 Å². The van der Waals surface area contributed by atoms with Gasteiger partial charge in [0.1, 0.15) is 12.1 Å². The quantitative estimate of drug-likeness (QED) is 0.0863. The molecule has 4 amide bonds. The van der Waals surface area contributed by atoms with Gasteiger partial charge in [0, 0.05) is 38.8 Å². The number of carboxylic acid groups (broad SMARTS) is 2. The summed E-state index contributed by atoms with van der Waals surface area (Å²) in [5.74, 6) is -3.14. The molecule has 0 spiro atoms. The summed E-state index contributed by atoms with van der Waals surface area (Å²) in [5.41, 5.74) is 0. The van der Waals surface area contributed by atoms with Crippen molar-refractivity contribution in [3.63, 3.8) is 0 Å². The summed E-state index contributed by atoms with van der Waals surface area (Å²) in [4.78, 5) is 70.2. The summed E-state index contributed by atoms with van der Waals surface area (Å²) in [5, 5.41) is 28.6. The van der Waals surface area contributed by atoms with Crippen molar-refractivity contribution in [1.82, 2.24) is 21.3 Å². The first-order chi connectivity index (χ1) is 19.8. The lowest BCUT2D eigenvalue weighted by molar-refractivity contribution is -0.138. The molecule has 12 nitrogen and oxygen atoms in total. The number of nitrogens with one attached hydrogen (secondary N) is 4. The molecule has 0 fully saturated rings. The molecule has 0 saturated heterocycles. The van der Waals surface area contributed by atoms with E-state index in [0.29, 0.717) is 13.1 Å². The van der Waals surface area contributed by atoms with Crippen LogP contribution in [0.3, 0.4) is 0 Å². The Morgan fingerprint density at radius 3 is 1.07 bits per heavy atom. The third-order valence-corrected chi connectivity index (χ3v) is 6.82. The van der Waals surface area contributed by atoms with Crippen LogP contribution in [0.15, 0.2) is 0 Å². The monoisotopic (exact) mass is 598 g/mol. The molecule has 0 unspecified atom stereocenters. The second-order valence-corrected chi connectivity index (χ2v) is 11.5. The predicted octanol–water partition coefficient (Wildman–Crippen LogP) is 3.13. The van der Waals surface area contributed by atoms with Crippen LogP contribution in [-0.4, -0.2) is 71.0 Å². The molecule has 0 radical (unpaired) electrons. The van der Waals surface area contributed by atoms with Gasteiger partial charge in [0.2, 0.25) is 23.6 Å². The zero-order valence-electron chi connectivity index (χ0n) is 26.0. The van der Waals surface area contributed by atoms with Crippen LogP contribution >= 0.6 is 0 Å². The predicted molar refractivity (Wildman–Crippen MR) is 159 cm³/mol. The number of hydrogen-bond acceptors (Lipinski definition) is 6. The van der Waals surface area contributed by atoms with Gasteiger partial charge in [0.05, 0.1) is 0 Å². The number of unbranched alkanes of at least 4 members (excludes halogenated alkanes) is 7. The van der Waals surface area contributed by atoms with Crippen LogP contribution in [0.5, 0.6) is 0 Å². The molecule has 6 N–H and O–H groups in total. The first kappa shape index (κ1) is 38.8. The molecule has 0 bridgehead atoms. The fourth-order valence-corrected chi connectivity index (χ4v) is 4.32. The average Bonchev–Trinajstić information content (AvgIpc) is 2.89. The number of hydrogen-bond donors (Lipinski definition) is 6. The number of carbonyl (C=O) groups is 6. The Morgan fingerprint density at radius 2 is 0.786 bits per heavy atom. The van der Waals surface area contributed by atoms with E-state index in [4.69, 9.17) is 10.2 Å². The highest BCUT2D eigenvalue weighted by molar-refractivity contribution is 5.88. The molecular formula is C30H54N4O8. The SMILES string of the molecule is CC(C)[C@H](NC(=O)CCCC(=O)O)C(=O)NCCCCCCCCCCNC(=O)[C@@H](NC(=O)CCCC(=O)O)C(C)C. The minimum Gasteiger partial charge on any atom is -0.481 e. The highest BCUT2D eigenvalue weighted by Crippen LogP contribution is 2.09. The Kier molecular flexibility index (Phi) is 21.6. The van der Waals surface area contributed by atoms with Crippen LogP contribution in [0.4, 0.5) is 0 Å². The van der Waals surface area contributed by atoms with E-state index in [1.807, 2.05) is 27.7 Å². The Hall–Kier alpha value is -3.18. The highest BCUT2D eigenvalue weighted by Gasteiger charge is 2.24. The standard InChI is InChI=1S/C30H54N4O8/c1-21(2)27(33-23(35)15-13-17-25(37)38)29(41)31-19-11-9-7-5-6-8-10-12-20-32-30(42)28(22(3)4)34-24(36)16-14-18-26(39)40/h21-22,27-28H,5-20H2,1-4H3,(H,31,41)(H,32,42)(H,33,35)(H,34,36)(H,37,38)(H,39,40)/t27-,28-/m0/s1. The number of carbonyl (C=O) groups excluding carboxylic acids is 4. The summed E-state index contributed by atoms with van der Waals surface area (Å²) in [7, 11) is 0. The normalized spacial score (nSPS) is 12.4. The molecule has 0 aliphatic rings. The smallest absolute Gasteiger partial charge is 0.303 e. The van der Waals surface area contributed by atoms with Crippen molar-refractivity contribution in [3.05, 3.63) is 0 Å². The average molecular weight is 599 g/mol. The number of aliphatic carboxylic acids is 2. The number of amides is 4. The van der Waals surface area contributed by atoms with Crippen LogP contribution in [-0.2, 0) is 28.8 Å². The lowest BCUT2D eigenvalue weighted by Gasteiger charge is -2.21. The molecule has 0 aliphatic heterocycles. The van der Waals surface area contributed by atoms with Gasteiger partial charge in [-0.2, -0.15) is 0 Å². The summed E-state index contributed by atoms with van der Waals surface area (Å²) in [6.07, 6.45) is 8.45. The molecule has 12 heteroatoms. The van der Waals surface area contributed by atoms with Gasteiger partial charge in [-0.15, -0.1) is 0 Å². The third kappa shape index (κ3) is 20.7. The summed E-state index contributed by atoms with van der Waals surface area (Å²) in [6, 6.07) is -1.28. The number of rotatable bonds is 25. The van der Waals surface area contributed by atoms with Crippen LogP contribution in [0.25, 0.3) is 0 Å². The van der Waals surface area contributed by atoms with E-state index in [1.54, 1.807) is 0 Å². The molecule has 0 heterocycles. The largest absolute Gasteiger partial charge is 0.481 e. The second-order valence-electron chi connectivity index (χ2n) is 11.5. The maximum atomic E-state index is 12.5. The van der Waals surface area contributed by atoms with Gasteiger partial charge in [-0.3, -0.25) is 28.8 Å². The zero-order chi connectivity index (χ0) is 31.9. The van der Waals surface area contributed by atoms with Gasteiger partial charge in [-0.1, -0.05) is 66.2 Å². The maximum Gasteiger partial charge on any atom is 0.303 e. The minimum absolute atomic E-state index is 0.0775. The van der Waals surface area contributed by atoms with Crippen molar-refractivity contribution in [2.45, 2.75) is 130 Å². The Balaban J connectivity index is 3.96. The zero-order valence-corrected chi connectivity index (χ0v) is 26.0. The lowest BCUT2D eigenvalue weighted by atomic mass is 10.0. The van der Waals surface area contributed by atoms with E-state index in [2.05, 4.69) is 21.3 Å². The van der Waals surface area contributed by atoms with Crippen molar-refractivity contribution in [1.29, 1.82) is 0 Å². The van der Waals surface area contributed by atoms with Crippen molar-refractivity contribution in [2.24, 2.45) is 11.8 Å². The van der Waals surface area contributed by atoms with Crippen LogP contribution < -0.4 is 21.3 Å². The molecule has 42 heavy (non-hydrogen) atoms. The van der Waals surface area contributed by atoms with Crippen molar-refractivity contribution in [3.8, 4) is 0 Å². The molecule has 0 aromatic rings. The van der Waals surface area contributed by atoms with E-state index in [-0.39, 0.29) is 74.0 Å². The molecule has 0 aliphatic carbocycles.